The minimum Gasteiger partial charge on any atom is -0.493 e. The molecule has 2 rings (SSSR count). The van der Waals surface area contributed by atoms with Crippen LogP contribution in [-0.2, 0) is 11.2 Å². The number of nitrogens with one attached hydrogen (secondary N) is 3. The van der Waals surface area contributed by atoms with Gasteiger partial charge in [-0.3, -0.25) is 14.9 Å². The molecule has 0 aliphatic carbocycles. The van der Waals surface area contributed by atoms with Gasteiger partial charge in [-0.05, 0) is 66.9 Å². The van der Waals surface area contributed by atoms with Gasteiger partial charge in [0, 0.05) is 23.6 Å². The van der Waals surface area contributed by atoms with Crippen molar-refractivity contribution in [1.29, 1.82) is 0 Å². The number of thiocarbonyl (C=S) groups is 1. The number of hydrogen-bond donors (Lipinski definition) is 3. The summed E-state index contributed by atoms with van der Waals surface area (Å²) >= 11 is 8.70. The van der Waals surface area contributed by atoms with Gasteiger partial charge in [-0.2, -0.15) is 0 Å². The lowest BCUT2D eigenvalue weighted by atomic mass is 10.1. The number of rotatable bonds is 9. The molecule has 0 heterocycles. The average molecular weight is 506 g/mol. The van der Waals surface area contributed by atoms with Crippen molar-refractivity contribution in [2.45, 2.75) is 33.1 Å². The number of ether oxygens (including phenoxy) is 1. The van der Waals surface area contributed by atoms with Gasteiger partial charge in [0.05, 0.1) is 12.2 Å². The van der Waals surface area contributed by atoms with E-state index in [0.717, 1.165) is 22.1 Å². The van der Waals surface area contributed by atoms with Crippen molar-refractivity contribution in [3.05, 3.63) is 58.1 Å². The molecule has 2 amide bonds. The molecule has 0 saturated heterocycles. The van der Waals surface area contributed by atoms with E-state index in [4.69, 9.17) is 17.0 Å². The molecular weight excluding hydrogens is 478 g/mol. The monoisotopic (exact) mass is 505 g/mol. The number of amides is 2. The Morgan fingerprint density at radius 3 is 2.48 bits per heavy atom. The molecule has 0 radical (unpaired) electrons. The first kappa shape index (κ1) is 24.8. The molecule has 0 atom stereocenters. The summed E-state index contributed by atoms with van der Waals surface area (Å²) in [4.78, 5) is 24.1. The minimum absolute atomic E-state index is 0.00574. The largest absolute Gasteiger partial charge is 0.493 e. The summed E-state index contributed by atoms with van der Waals surface area (Å²) in [6.45, 7) is 4.78. The number of benzene rings is 2. The Morgan fingerprint density at radius 2 is 1.84 bits per heavy atom. The third-order valence-corrected chi connectivity index (χ3v) is 5.19. The Bertz CT molecular complexity index is 917. The van der Waals surface area contributed by atoms with E-state index in [0.29, 0.717) is 36.7 Å². The highest BCUT2D eigenvalue weighted by atomic mass is 79.9. The van der Waals surface area contributed by atoms with Crippen LogP contribution in [0.25, 0.3) is 0 Å². The smallest absolute Gasteiger partial charge is 0.261 e. The van der Waals surface area contributed by atoms with Gasteiger partial charge in [0.1, 0.15) is 5.75 Å². The zero-order valence-electron chi connectivity index (χ0n) is 18.0. The van der Waals surface area contributed by atoms with Gasteiger partial charge in [0.2, 0.25) is 5.91 Å². The van der Waals surface area contributed by atoms with E-state index in [1.54, 1.807) is 19.2 Å². The Labute approximate surface area is 197 Å². The van der Waals surface area contributed by atoms with Crippen molar-refractivity contribution in [2.75, 3.05) is 19.0 Å². The summed E-state index contributed by atoms with van der Waals surface area (Å²) < 4.78 is 6.59. The van der Waals surface area contributed by atoms with Crippen LogP contribution in [0.4, 0.5) is 5.69 Å². The number of anilines is 1. The van der Waals surface area contributed by atoms with Gasteiger partial charge < -0.3 is 15.4 Å². The Hall–Kier alpha value is -2.45. The lowest BCUT2D eigenvalue weighted by Crippen LogP contribution is -2.34. The van der Waals surface area contributed by atoms with Gasteiger partial charge >= 0.3 is 0 Å². The van der Waals surface area contributed by atoms with Crippen LogP contribution < -0.4 is 20.7 Å². The van der Waals surface area contributed by atoms with Gasteiger partial charge in [-0.25, -0.2) is 0 Å². The van der Waals surface area contributed by atoms with Crippen LogP contribution in [0.5, 0.6) is 5.75 Å². The van der Waals surface area contributed by atoms with Gasteiger partial charge in [-0.15, -0.1) is 0 Å². The second-order valence-electron chi connectivity index (χ2n) is 7.45. The van der Waals surface area contributed by atoms with Crippen molar-refractivity contribution < 1.29 is 14.3 Å². The maximum Gasteiger partial charge on any atom is 0.261 e. The van der Waals surface area contributed by atoms with E-state index in [1.165, 1.54) is 0 Å². The quantitative estimate of drug-likeness (QED) is 0.431. The molecule has 0 aliphatic rings. The maximum absolute atomic E-state index is 12.8. The normalized spacial score (nSPS) is 10.5. The topological polar surface area (TPSA) is 79.5 Å². The van der Waals surface area contributed by atoms with Crippen LogP contribution in [0.15, 0.2) is 46.9 Å². The summed E-state index contributed by atoms with van der Waals surface area (Å²) in [6, 6.07) is 12.9. The second kappa shape index (κ2) is 12.4. The number of carbonyl (C=O) groups is 2. The van der Waals surface area contributed by atoms with Gasteiger partial charge in [0.15, 0.2) is 5.11 Å². The fourth-order valence-electron chi connectivity index (χ4n) is 2.68. The molecule has 8 heteroatoms. The third-order valence-electron chi connectivity index (χ3n) is 4.50. The number of aryl methyl sites for hydroxylation is 1. The zero-order chi connectivity index (χ0) is 22.8. The molecule has 0 unspecified atom stereocenters. The third kappa shape index (κ3) is 8.67. The lowest BCUT2D eigenvalue weighted by Gasteiger charge is -2.14. The van der Waals surface area contributed by atoms with Crippen LogP contribution in [-0.4, -0.2) is 30.6 Å². The van der Waals surface area contributed by atoms with E-state index < -0.39 is 0 Å². The molecule has 0 saturated carbocycles. The van der Waals surface area contributed by atoms with Crippen LogP contribution in [0, 0.1) is 5.92 Å². The van der Waals surface area contributed by atoms with Gasteiger partial charge in [0.25, 0.3) is 5.91 Å². The first-order valence-corrected chi connectivity index (χ1v) is 11.3. The standard InChI is InChI=1S/C23H28BrN3O3S/c1-15(2)12-13-30-20-10-7-17(24)14-19(20)22(29)27-23(31)26-18-8-4-16(5-9-18)6-11-21(28)25-3/h4-5,7-10,14-15H,6,11-13H2,1-3H3,(H,25,28)(H2,26,27,29,31). The molecule has 6 nitrogen and oxygen atoms in total. The van der Waals surface area contributed by atoms with Crippen molar-refractivity contribution in [3.63, 3.8) is 0 Å². The summed E-state index contributed by atoms with van der Waals surface area (Å²) in [5.74, 6) is 0.691. The van der Waals surface area contributed by atoms with Crippen molar-refractivity contribution in [2.24, 2.45) is 5.92 Å². The maximum atomic E-state index is 12.8. The number of halogens is 1. The van der Waals surface area contributed by atoms with Gasteiger partial charge in [-0.1, -0.05) is 41.9 Å². The SMILES string of the molecule is CNC(=O)CCc1ccc(NC(=S)NC(=O)c2cc(Br)ccc2OCCC(C)C)cc1. The molecule has 2 aromatic rings. The van der Waals surface area contributed by atoms with Crippen molar-refractivity contribution in [1.82, 2.24) is 10.6 Å². The number of hydrogen-bond acceptors (Lipinski definition) is 4. The van der Waals surface area contributed by atoms with E-state index in [9.17, 15) is 9.59 Å². The van der Waals surface area contributed by atoms with Crippen molar-refractivity contribution >= 4 is 50.8 Å². The summed E-state index contributed by atoms with van der Waals surface area (Å²) in [5, 5.41) is 8.51. The van der Waals surface area contributed by atoms with Crippen LogP contribution in [0.2, 0.25) is 0 Å². The highest BCUT2D eigenvalue weighted by Crippen LogP contribution is 2.24. The van der Waals surface area contributed by atoms with Crippen LogP contribution in [0.1, 0.15) is 42.6 Å². The summed E-state index contributed by atoms with van der Waals surface area (Å²) in [7, 11) is 1.62. The zero-order valence-corrected chi connectivity index (χ0v) is 20.4. The predicted octanol–water partition coefficient (Wildman–Crippen LogP) is 4.68. The fraction of sp³-hybridized carbons (Fsp3) is 0.348. The van der Waals surface area contributed by atoms with Crippen LogP contribution in [0.3, 0.4) is 0 Å². The molecular formula is C23H28BrN3O3S. The summed E-state index contributed by atoms with van der Waals surface area (Å²) in [5.41, 5.74) is 2.20. The lowest BCUT2D eigenvalue weighted by molar-refractivity contribution is -0.120. The first-order chi connectivity index (χ1) is 14.8. The Balaban J connectivity index is 1.95. The highest BCUT2D eigenvalue weighted by Gasteiger charge is 2.15. The van der Waals surface area contributed by atoms with E-state index in [1.807, 2.05) is 30.3 Å². The molecule has 31 heavy (non-hydrogen) atoms. The molecule has 0 aliphatic heterocycles. The fourth-order valence-corrected chi connectivity index (χ4v) is 3.25. The molecule has 0 bridgehead atoms. The molecule has 0 spiro atoms. The average Bonchev–Trinajstić information content (AvgIpc) is 2.73. The predicted molar refractivity (Wildman–Crippen MR) is 132 cm³/mol. The minimum atomic E-state index is -0.347. The Kier molecular flexibility index (Phi) is 9.94. The van der Waals surface area contributed by atoms with E-state index in [-0.39, 0.29) is 16.9 Å². The van der Waals surface area contributed by atoms with E-state index in [2.05, 4.69) is 45.7 Å². The first-order valence-electron chi connectivity index (χ1n) is 10.1. The Morgan fingerprint density at radius 1 is 1.13 bits per heavy atom. The molecule has 0 aromatic heterocycles. The molecule has 166 valence electrons. The highest BCUT2D eigenvalue weighted by molar-refractivity contribution is 9.10. The second-order valence-corrected chi connectivity index (χ2v) is 8.77. The van der Waals surface area contributed by atoms with E-state index >= 15 is 0 Å². The van der Waals surface area contributed by atoms with Crippen LogP contribution >= 0.6 is 28.1 Å². The number of carbonyl (C=O) groups excluding carboxylic acids is 2. The summed E-state index contributed by atoms with van der Waals surface area (Å²) in [6.07, 6.45) is 1.99. The molecule has 3 N–H and O–H groups in total. The molecule has 2 aromatic carbocycles. The molecule has 0 fully saturated rings. The van der Waals surface area contributed by atoms with Crippen molar-refractivity contribution in [3.8, 4) is 5.75 Å².